The Balaban J connectivity index is 2.71. The van der Waals surface area contributed by atoms with Crippen molar-refractivity contribution < 1.29 is 0 Å². The molecular weight excluding hydrogens is 138 g/mol. The highest BCUT2D eigenvalue weighted by molar-refractivity contribution is 4.95. The molecule has 62 valence electrons. The topological polar surface area (TPSA) is 41.6 Å². The minimum absolute atomic E-state index is 0.478. The quantitative estimate of drug-likeness (QED) is 0.720. The number of hydrogen-bond acceptors (Lipinski definition) is 2. The Morgan fingerprint density at radius 2 is 2.18 bits per heavy atom. The Morgan fingerprint density at radius 3 is 2.64 bits per heavy atom. The molecule has 1 aromatic rings. The summed E-state index contributed by atoms with van der Waals surface area (Å²) in [5.41, 5.74) is 0. The van der Waals surface area contributed by atoms with E-state index >= 15 is 0 Å². The minimum Gasteiger partial charge on any atom is -0.263 e. The third-order valence-corrected chi connectivity index (χ3v) is 1.94. The summed E-state index contributed by atoms with van der Waals surface area (Å²) in [6, 6.07) is 0. The van der Waals surface area contributed by atoms with Crippen LogP contribution in [0.15, 0.2) is 0 Å². The lowest BCUT2D eigenvalue weighted by atomic mass is 10.1. The number of rotatable bonds is 3. The first-order chi connectivity index (χ1) is 5.27. The van der Waals surface area contributed by atoms with Gasteiger partial charge < -0.3 is 0 Å². The van der Waals surface area contributed by atoms with Gasteiger partial charge in [0.1, 0.15) is 5.82 Å². The van der Waals surface area contributed by atoms with Gasteiger partial charge in [0.25, 0.3) is 0 Å². The second-order valence-electron chi connectivity index (χ2n) is 2.80. The van der Waals surface area contributed by atoms with Crippen LogP contribution in [0, 0.1) is 0 Å². The van der Waals surface area contributed by atoms with Crippen molar-refractivity contribution in [1.29, 1.82) is 0 Å². The van der Waals surface area contributed by atoms with Gasteiger partial charge in [-0.3, -0.25) is 5.10 Å². The van der Waals surface area contributed by atoms with Gasteiger partial charge in [-0.15, -0.1) is 0 Å². The molecule has 1 aromatic heterocycles. The van der Waals surface area contributed by atoms with Gasteiger partial charge in [0.2, 0.25) is 0 Å². The molecule has 3 heteroatoms. The predicted molar refractivity (Wildman–Crippen MR) is 44.5 cm³/mol. The van der Waals surface area contributed by atoms with Crippen LogP contribution in [0.2, 0.25) is 0 Å². The number of aromatic nitrogens is 3. The molecule has 11 heavy (non-hydrogen) atoms. The van der Waals surface area contributed by atoms with E-state index in [1.165, 1.54) is 0 Å². The molecule has 0 aliphatic carbocycles. The van der Waals surface area contributed by atoms with Crippen LogP contribution in [0.3, 0.4) is 0 Å². The van der Waals surface area contributed by atoms with E-state index in [2.05, 4.69) is 36.0 Å². The SMILES string of the molecule is CCc1nc(C(C)CC)n[nH]1. The van der Waals surface area contributed by atoms with Gasteiger partial charge in [-0.2, -0.15) is 5.10 Å². The molecule has 0 aromatic carbocycles. The first kappa shape index (κ1) is 8.24. The van der Waals surface area contributed by atoms with E-state index in [0.29, 0.717) is 5.92 Å². The largest absolute Gasteiger partial charge is 0.263 e. The average molecular weight is 153 g/mol. The van der Waals surface area contributed by atoms with Crippen molar-refractivity contribution in [3.8, 4) is 0 Å². The summed E-state index contributed by atoms with van der Waals surface area (Å²) in [5.74, 6) is 2.41. The molecule has 0 aliphatic heterocycles. The Bertz CT molecular complexity index is 217. The number of nitrogens with one attached hydrogen (secondary N) is 1. The van der Waals surface area contributed by atoms with Gasteiger partial charge in [-0.1, -0.05) is 20.8 Å². The van der Waals surface area contributed by atoms with Crippen molar-refractivity contribution in [2.45, 2.75) is 39.5 Å². The van der Waals surface area contributed by atoms with Crippen LogP contribution >= 0.6 is 0 Å². The lowest BCUT2D eigenvalue weighted by Crippen LogP contribution is -1.93. The van der Waals surface area contributed by atoms with Crippen LogP contribution in [0.25, 0.3) is 0 Å². The van der Waals surface area contributed by atoms with Crippen LogP contribution in [0.4, 0.5) is 0 Å². The molecule has 1 unspecified atom stereocenters. The van der Waals surface area contributed by atoms with E-state index in [9.17, 15) is 0 Å². The molecule has 0 aliphatic rings. The molecule has 3 nitrogen and oxygen atoms in total. The molecule has 0 saturated carbocycles. The summed E-state index contributed by atoms with van der Waals surface area (Å²) in [7, 11) is 0. The fraction of sp³-hybridized carbons (Fsp3) is 0.750. The van der Waals surface area contributed by atoms with Crippen molar-refractivity contribution >= 4 is 0 Å². The van der Waals surface area contributed by atoms with Gasteiger partial charge >= 0.3 is 0 Å². The molecule has 1 atom stereocenters. The van der Waals surface area contributed by atoms with Crippen molar-refractivity contribution in [3.05, 3.63) is 11.6 Å². The summed E-state index contributed by atoms with van der Waals surface area (Å²) in [5, 5.41) is 7.03. The number of aromatic amines is 1. The summed E-state index contributed by atoms with van der Waals surface area (Å²) in [4.78, 5) is 4.33. The summed E-state index contributed by atoms with van der Waals surface area (Å²) >= 11 is 0. The van der Waals surface area contributed by atoms with Crippen LogP contribution in [0.1, 0.15) is 44.8 Å². The van der Waals surface area contributed by atoms with E-state index in [-0.39, 0.29) is 0 Å². The second kappa shape index (κ2) is 3.51. The Kier molecular flexibility index (Phi) is 2.63. The molecule has 0 spiro atoms. The van der Waals surface area contributed by atoms with Crippen molar-refractivity contribution in [2.24, 2.45) is 0 Å². The molecule has 0 amide bonds. The zero-order chi connectivity index (χ0) is 8.27. The highest BCUT2D eigenvalue weighted by Crippen LogP contribution is 2.13. The molecule has 1 N–H and O–H groups in total. The molecule has 0 fully saturated rings. The number of aryl methyl sites for hydroxylation is 1. The van der Waals surface area contributed by atoms with Crippen molar-refractivity contribution in [3.63, 3.8) is 0 Å². The Labute approximate surface area is 67.2 Å². The van der Waals surface area contributed by atoms with Gasteiger partial charge in [-0.05, 0) is 6.42 Å². The highest BCUT2D eigenvalue weighted by Gasteiger charge is 2.07. The summed E-state index contributed by atoms with van der Waals surface area (Å²) < 4.78 is 0. The molecule has 0 radical (unpaired) electrons. The van der Waals surface area contributed by atoms with Gasteiger partial charge in [0, 0.05) is 12.3 Å². The van der Waals surface area contributed by atoms with Crippen LogP contribution < -0.4 is 0 Å². The zero-order valence-corrected chi connectivity index (χ0v) is 7.39. The first-order valence-electron chi connectivity index (χ1n) is 4.19. The lowest BCUT2D eigenvalue weighted by Gasteiger charge is -1.99. The predicted octanol–water partition coefficient (Wildman–Crippen LogP) is 1.88. The third kappa shape index (κ3) is 1.79. The Morgan fingerprint density at radius 1 is 1.45 bits per heavy atom. The van der Waals surface area contributed by atoms with Gasteiger partial charge in [-0.25, -0.2) is 4.98 Å². The fourth-order valence-corrected chi connectivity index (χ4v) is 0.871. The maximum absolute atomic E-state index is 4.33. The molecular formula is C8H15N3. The lowest BCUT2D eigenvalue weighted by molar-refractivity contribution is 0.682. The van der Waals surface area contributed by atoms with Crippen LogP contribution in [0.5, 0.6) is 0 Å². The summed E-state index contributed by atoms with van der Waals surface area (Å²) in [6.45, 7) is 6.36. The van der Waals surface area contributed by atoms with Crippen LogP contribution in [-0.4, -0.2) is 15.2 Å². The molecule has 0 bridgehead atoms. The average Bonchev–Trinajstić information content (AvgIpc) is 2.50. The number of hydrogen-bond donors (Lipinski definition) is 1. The fourth-order valence-electron chi connectivity index (χ4n) is 0.871. The Hall–Kier alpha value is -0.860. The summed E-state index contributed by atoms with van der Waals surface area (Å²) in [6.07, 6.45) is 2.03. The minimum atomic E-state index is 0.478. The van der Waals surface area contributed by atoms with Gasteiger partial charge in [0.05, 0.1) is 0 Å². The molecule has 1 rings (SSSR count). The maximum Gasteiger partial charge on any atom is 0.153 e. The second-order valence-corrected chi connectivity index (χ2v) is 2.80. The van der Waals surface area contributed by atoms with E-state index in [0.717, 1.165) is 24.5 Å². The number of H-pyrrole nitrogens is 1. The van der Waals surface area contributed by atoms with E-state index < -0.39 is 0 Å². The maximum atomic E-state index is 4.33. The number of nitrogens with zero attached hydrogens (tertiary/aromatic N) is 2. The molecule has 1 heterocycles. The van der Waals surface area contributed by atoms with Crippen molar-refractivity contribution in [2.75, 3.05) is 0 Å². The standard InChI is InChI=1S/C8H15N3/c1-4-6(3)8-9-7(5-2)10-11-8/h6H,4-5H2,1-3H3,(H,9,10,11). The third-order valence-electron chi connectivity index (χ3n) is 1.94. The monoisotopic (exact) mass is 153 g/mol. The first-order valence-corrected chi connectivity index (χ1v) is 4.19. The van der Waals surface area contributed by atoms with E-state index in [4.69, 9.17) is 0 Å². The molecule has 0 saturated heterocycles. The van der Waals surface area contributed by atoms with Crippen molar-refractivity contribution in [1.82, 2.24) is 15.2 Å². The van der Waals surface area contributed by atoms with Gasteiger partial charge in [0.15, 0.2) is 5.82 Å². The van der Waals surface area contributed by atoms with Crippen LogP contribution in [-0.2, 0) is 6.42 Å². The highest BCUT2D eigenvalue weighted by atomic mass is 15.2. The zero-order valence-electron chi connectivity index (χ0n) is 7.39. The van der Waals surface area contributed by atoms with E-state index in [1.807, 2.05) is 0 Å². The normalized spacial score (nSPS) is 13.4. The van der Waals surface area contributed by atoms with E-state index in [1.54, 1.807) is 0 Å². The smallest absolute Gasteiger partial charge is 0.153 e.